The first kappa shape index (κ1) is 13.2. The van der Waals surface area contributed by atoms with Crippen LogP contribution in [0.5, 0.6) is 0 Å². The highest BCUT2D eigenvalue weighted by Gasteiger charge is 2.01. The van der Waals surface area contributed by atoms with Gasteiger partial charge in [-0.1, -0.05) is 6.92 Å². The van der Waals surface area contributed by atoms with E-state index in [1.54, 1.807) is 6.20 Å². The lowest BCUT2D eigenvalue weighted by Crippen LogP contribution is -2.18. The second-order valence-corrected chi connectivity index (χ2v) is 3.55. The Kier molecular flexibility index (Phi) is 6.80. The van der Waals surface area contributed by atoms with Crippen LogP contribution < -0.4 is 5.32 Å². The van der Waals surface area contributed by atoms with Crippen molar-refractivity contribution in [2.75, 3.05) is 26.4 Å². The molecule has 0 saturated heterocycles. The van der Waals surface area contributed by atoms with Gasteiger partial charge in [0.05, 0.1) is 26.4 Å². The fourth-order valence-electron chi connectivity index (χ4n) is 1.42. The number of imidazole rings is 1. The van der Waals surface area contributed by atoms with Crippen LogP contribution in [0.25, 0.3) is 0 Å². The molecule has 0 amide bonds. The van der Waals surface area contributed by atoms with Gasteiger partial charge in [0.15, 0.2) is 0 Å². The fourth-order valence-corrected chi connectivity index (χ4v) is 1.42. The molecule has 1 aromatic rings. The largest absolute Gasteiger partial charge is 0.394 e. The highest BCUT2D eigenvalue weighted by atomic mass is 16.5. The van der Waals surface area contributed by atoms with E-state index in [-0.39, 0.29) is 6.61 Å². The van der Waals surface area contributed by atoms with Crippen molar-refractivity contribution in [1.29, 1.82) is 0 Å². The Morgan fingerprint density at radius 2 is 2.38 bits per heavy atom. The number of nitrogens with zero attached hydrogens (tertiary/aromatic N) is 2. The van der Waals surface area contributed by atoms with Gasteiger partial charge in [-0.05, 0) is 13.0 Å². The van der Waals surface area contributed by atoms with Crippen molar-refractivity contribution < 1.29 is 9.84 Å². The van der Waals surface area contributed by atoms with Crippen LogP contribution in [0.3, 0.4) is 0 Å². The fraction of sp³-hybridized carbons (Fsp3) is 0.727. The van der Waals surface area contributed by atoms with Gasteiger partial charge in [-0.25, -0.2) is 4.98 Å². The SMILES string of the molecule is CCCNCc1nccn1CCOCCO. The Morgan fingerprint density at radius 3 is 3.12 bits per heavy atom. The van der Waals surface area contributed by atoms with Gasteiger partial charge in [-0.3, -0.25) is 0 Å². The zero-order valence-electron chi connectivity index (χ0n) is 9.85. The van der Waals surface area contributed by atoms with Gasteiger partial charge in [-0.15, -0.1) is 0 Å². The normalized spacial score (nSPS) is 10.9. The van der Waals surface area contributed by atoms with Gasteiger partial charge in [0, 0.05) is 18.9 Å². The summed E-state index contributed by atoms with van der Waals surface area (Å²) >= 11 is 0. The van der Waals surface area contributed by atoms with Crippen molar-refractivity contribution in [3.63, 3.8) is 0 Å². The van der Waals surface area contributed by atoms with E-state index >= 15 is 0 Å². The molecular weight excluding hydrogens is 206 g/mol. The lowest BCUT2D eigenvalue weighted by molar-refractivity contribution is 0.0865. The molecule has 0 aromatic carbocycles. The van der Waals surface area contributed by atoms with E-state index in [1.165, 1.54) is 0 Å². The summed E-state index contributed by atoms with van der Waals surface area (Å²) in [4.78, 5) is 4.28. The molecule has 16 heavy (non-hydrogen) atoms. The third-order valence-electron chi connectivity index (χ3n) is 2.22. The van der Waals surface area contributed by atoms with Crippen LogP contribution >= 0.6 is 0 Å². The number of aromatic nitrogens is 2. The monoisotopic (exact) mass is 227 g/mol. The predicted molar refractivity (Wildman–Crippen MR) is 62.1 cm³/mol. The van der Waals surface area contributed by atoms with Gasteiger partial charge in [-0.2, -0.15) is 0 Å². The molecule has 0 saturated carbocycles. The van der Waals surface area contributed by atoms with Crippen LogP contribution in [-0.2, 0) is 17.8 Å². The van der Waals surface area contributed by atoms with Gasteiger partial charge in [0.1, 0.15) is 5.82 Å². The van der Waals surface area contributed by atoms with Crippen molar-refractivity contribution in [3.8, 4) is 0 Å². The van der Waals surface area contributed by atoms with Gasteiger partial charge < -0.3 is 19.7 Å². The molecule has 0 bridgehead atoms. The van der Waals surface area contributed by atoms with Crippen molar-refractivity contribution in [3.05, 3.63) is 18.2 Å². The van der Waals surface area contributed by atoms with E-state index in [0.717, 1.165) is 31.9 Å². The Balaban J connectivity index is 2.26. The highest BCUT2D eigenvalue weighted by Crippen LogP contribution is 1.97. The van der Waals surface area contributed by atoms with E-state index in [0.29, 0.717) is 13.2 Å². The predicted octanol–water partition coefficient (Wildman–Crippen LogP) is 0.392. The molecule has 0 unspecified atom stereocenters. The number of hydrogen-bond acceptors (Lipinski definition) is 4. The summed E-state index contributed by atoms with van der Waals surface area (Å²) in [6, 6.07) is 0. The molecule has 5 nitrogen and oxygen atoms in total. The number of nitrogens with one attached hydrogen (secondary N) is 1. The average Bonchev–Trinajstić information content (AvgIpc) is 2.73. The maximum absolute atomic E-state index is 8.57. The van der Waals surface area contributed by atoms with Gasteiger partial charge >= 0.3 is 0 Å². The second-order valence-electron chi connectivity index (χ2n) is 3.55. The van der Waals surface area contributed by atoms with Crippen LogP contribution in [0.2, 0.25) is 0 Å². The molecule has 1 heterocycles. The molecule has 1 aromatic heterocycles. The summed E-state index contributed by atoms with van der Waals surface area (Å²) in [6.07, 6.45) is 4.88. The lowest BCUT2D eigenvalue weighted by atomic mass is 10.4. The zero-order valence-corrected chi connectivity index (χ0v) is 9.85. The van der Waals surface area contributed by atoms with E-state index in [9.17, 15) is 0 Å². The highest BCUT2D eigenvalue weighted by molar-refractivity contribution is 4.91. The van der Waals surface area contributed by atoms with E-state index in [2.05, 4.69) is 21.8 Å². The molecule has 92 valence electrons. The van der Waals surface area contributed by atoms with E-state index in [4.69, 9.17) is 9.84 Å². The quantitative estimate of drug-likeness (QED) is 0.599. The molecule has 0 aliphatic rings. The zero-order chi connectivity index (χ0) is 11.6. The average molecular weight is 227 g/mol. The summed E-state index contributed by atoms with van der Waals surface area (Å²) in [5.74, 6) is 1.03. The molecule has 0 radical (unpaired) electrons. The minimum absolute atomic E-state index is 0.0782. The number of rotatable bonds is 9. The van der Waals surface area contributed by atoms with Gasteiger partial charge in [0.2, 0.25) is 0 Å². The van der Waals surface area contributed by atoms with Crippen LogP contribution in [0, 0.1) is 0 Å². The molecule has 5 heteroatoms. The summed E-state index contributed by atoms with van der Waals surface area (Å²) < 4.78 is 7.29. The van der Waals surface area contributed by atoms with Crippen LogP contribution in [0.15, 0.2) is 12.4 Å². The Morgan fingerprint density at radius 1 is 1.50 bits per heavy atom. The molecule has 2 N–H and O–H groups in total. The van der Waals surface area contributed by atoms with Gasteiger partial charge in [0.25, 0.3) is 0 Å². The molecular formula is C11H21N3O2. The first-order valence-electron chi connectivity index (χ1n) is 5.77. The van der Waals surface area contributed by atoms with Crippen molar-refractivity contribution in [1.82, 2.24) is 14.9 Å². The molecule has 0 spiro atoms. The van der Waals surface area contributed by atoms with Crippen molar-refractivity contribution >= 4 is 0 Å². The van der Waals surface area contributed by atoms with Crippen LogP contribution in [0.4, 0.5) is 0 Å². The van der Waals surface area contributed by atoms with E-state index < -0.39 is 0 Å². The molecule has 0 atom stereocenters. The molecule has 0 fully saturated rings. The first-order chi connectivity index (χ1) is 7.88. The molecule has 0 aliphatic carbocycles. The van der Waals surface area contributed by atoms with Crippen LogP contribution in [-0.4, -0.2) is 41.0 Å². The first-order valence-corrected chi connectivity index (χ1v) is 5.77. The topological polar surface area (TPSA) is 59.3 Å². The molecule has 0 aliphatic heterocycles. The Hall–Kier alpha value is -0.910. The number of aliphatic hydroxyl groups excluding tert-OH is 1. The lowest BCUT2D eigenvalue weighted by Gasteiger charge is -2.08. The summed E-state index contributed by atoms with van der Waals surface area (Å²) in [7, 11) is 0. The van der Waals surface area contributed by atoms with Crippen molar-refractivity contribution in [2.24, 2.45) is 0 Å². The third kappa shape index (κ3) is 4.74. The Bertz CT molecular complexity index is 276. The number of hydrogen-bond donors (Lipinski definition) is 2. The maximum atomic E-state index is 8.57. The summed E-state index contributed by atoms with van der Waals surface area (Å²) in [5.41, 5.74) is 0. The minimum Gasteiger partial charge on any atom is -0.394 e. The third-order valence-corrected chi connectivity index (χ3v) is 2.22. The molecule has 1 rings (SSSR count). The summed E-state index contributed by atoms with van der Waals surface area (Å²) in [5, 5.41) is 11.9. The standard InChI is InChI=1S/C11H21N3O2/c1-2-3-12-10-11-13-4-5-14(11)6-8-16-9-7-15/h4-5,12,15H,2-3,6-10H2,1H3. The minimum atomic E-state index is 0.0782. The second kappa shape index (κ2) is 8.27. The maximum Gasteiger partial charge on any atom is 0.122 e. The van der Waals surface area contributed by atoms with Crippen molar-refractivity contribution in [2.45, 2.75) is 26.4 Å². The summed E-state index contributed by atoms with van der Waals surface area (Å²) in [6.45, 7) is 5.81. The Labute approximate surface area is 96.4 Å². The van der Waals surface area contributed by atoms with E-state index in [1.807, 2.05) is 6.20 Å². The number of aliphatic hydroxyl groups is 1. The number of ether oxygens (including phenoxy) is 1. The smallest absolute Gasteiger partial charge is 0.122 e. The van der Waals surface area contributed by atoms with Crippen LogP contribution in [0.1, 0.15) is 19.2 Å².